The summed E-state index contributed by atoms with van der Waals surface area (Å²) in [5.41, 5.74) is 0.980. The fourth-order valence-corrected chi connectivity index (χ4v) is 4.27. The molecule has 31 heavy (non-hydrogen) atoms. The average Bonchev–Trinajstić information content (AvgIpc) is 2.78. The van der Waals surface area contributed by atoms with Crippen LogP contribution >= 0.6 is 0 Å². The third-order valence-corrected chi connectivity index (χ3v) is 6.14. The molecule has 0 radical (unpaired) electrons. The number of hydrogen-bond acceptors (Lipinski definition) is 3. The lowest BCUT2D eigenvalue weighted by molar-refractivity contribution is 0.0949. The summed E-state index contributed by atoms with van der Waals surface area (Å²) in [5.74, 6) is -0.405. The molecule has 0 aliphatic heterocycles. The van der Waals surface area contributed by atoms with E-state index in [4.69, 9.17) is 0 Å². The Balaban J connectivity index is 1.78. The van der Waals surface area contributed by atoms with Gasteiger partial charge < -0.3 is 10.2 Å². The number of carbonyl (C=O) groups is 1. The Morgan fingerprint density at radius 3 is 1.71 bits per heavy atom. The van der Waals surface area contributed by atoms with Crippen molar-refractivity contribution in [2.45, 2.75) is 96.3 Å². The predicted molar refractivity (Wildman–Crippen MR) is 129 cm³/mol. The second-order valence-corrected chi connectivity index (χ2v) is 8.67. The molecule has 3 nitrogen and oxygen atoms in total. The third kappa shape index (κ3) is 8.77. The highest BCUT2D eigenvalue weighted by Gasteiger charge is 2.25. The first-order valence-electron chi connectivity index (χ1n) is 12.2. The molecule has 0 aliphatic rings. The first kappa shape index (κ1) is 25.0. The molecular weight excluding hydrogens is 384 g/mol. The highest BCUT2D eigenvalue weighted by molar-refractivity contribution is 6.03. The summed E-state index contributed by atoms with van der Waals surface area (Å²) in [7, 11) is 0. The molecule has 0 heterocycles. The molecule has 0 amide bonds. The number of Topliss-reactive ketones (excluding diaryl/α,β-unsaturated/α-hetero) is 1. The quantitative estimate of drug-likeness (QED) is 0.211. The van der Waals surface area contributed by atoms with Crippen LogP contribution in [0, 0.1) is 0 Å². The number of carbonyl (C=O) groups excluding carboxylic acids is 1. The first-order valence-corrected chi connectivity index (χ1v) is 12.2. The lowest BCUT2D eigenvalue weighted by Gasteiger charge is -2.18. The molecule has 0 aliphatic carbocycles. The largest absolute Gasteiger partial charge is 0.508 e. The van der Waals surface area contributed by atoms with Crippen LogP contribution in [0.2, 0.25) is 0 Å². The van der Waals surface area contributed by atoms with Crippen LogP contribution in [0.5, 0.6) is 11.5 Å². The zero-order chi connectivity index (χ0) is 22.3. The monoisotopic (exact) mass is 424 g/mol. The smallest absolute Gasteiger partial charge is 0.174 e. The minimum absolute atomic E-state index is 0.00242. The molecule has 170 valence electrons. The molecule has 3 heteroatoms. The van der Waals surface area contributed by atoms with Crippen LogP contribution in [0.3, 0.4) is 0 Å². The van der Waals surface area contributed by atoms with Crippen molar-refractivity contribution >= 4 is 5.78 Å². The number of hydrogen-bond donors (Lipinski definition) is 2. The summed E-state index contributed by atoms with van der Waals surface area (Å²) in [6, 6.07) is 13.7. The van der Waals surface area contributed by atoms with Crippen LogP contribution in [0.15, 0.2) is 48.5 Å². The Hall–Kier alpha value is -2.29. The van der Waals surface area contributed by atoms with E-state index in [-0.39, 0.29) is 17.3 Å². The molecular formula is C28H40O3. The molecule has 0 fully saturated rings. The molecule has 2 N–H and O–H groups in total. The van der Waals surface area contributed by atoms with Crippen LogP contribution in [0.1, 0.15) is 112 Å². The molecule has 2 rings (SSSR count). The van der Waals surface area contributed by atoms with Crippen molar-refractivity contribution in [3.8, 4) is 11.5 Å². The van der Waals surface area contributed by atoms with Gasteiger partial charge in [0.25, 0.3) is 0 Å². The third-order valence-electron chi connectivity index (χ3n) is 6.14. The van der Waals surface area contributed by atoms with Gasteiger partial charge in [-0.05, 0) is 24.6 Å². The van der Waals surface area contributed by atoms with E-state index in [2.05, 4.69) is 6.92 Å². The van der Waals surface area contributed by atoms with E-state index >= 15 is 0 Å². The van der Waals surface area contributed by atoms with Gasteiger partial charge in [-0.1, -0.05) is 114 Å². The van der Waals surface area contributed by atoms with E-state index in [9.17, 15) is 15.0 Å². The minimum atomic E-state index is -0.433. The lowest BCUT2D eigenvalue weighted by atomic mass is 9.85. The summed E-state index contributed by atoms with van der Waals surface area (Å²) in [5, 5.41) is 20.5. The van der Waals surface area contributed by atoms with Gasteiger partial charge in [-0.25, -0.2) is 0 Å². The maximum atomic E-state index is 13.2. The van der Waals surface area contributed by atoms with E-state index < -0.39 is 5.92 Å². The van der Waals surface area contributed by atoms with Crippen molar-refractivity contribution in [1.29, 1.82) is 0 Å². The number of phenolic OH excluding ortho intramolecular Hbond substituents is 2. The number of phenols is 2. The van der Waals surface area contributed by atoms with Gasteiger partial charge in [0.05, 0.1) is 11.5 Å². The minimum Gasteiger partial charge on any atom is -0.508 e. The first-order chi connectivity index (χ1) is 15.1. The van der Waals surface area contributed by atoms with Crippen molar-refractivity contribution in [2.75, 3.05) is 0 Å². The molecule has 0 spiro atoms. The van der Waals surface area contributed by atoms with Crippen molar-refractivity contribution in [1.82, 2.24) is 0 Å². The van der Waals surface area contributed by atoms with Gasteiger partial charge in [-0.2, -0.15) is 0 Å². The highest BCUT2D eigenvalue weighted by Crippen LogP contribution is 2.34. The van der Waals surface area contributed by atoms with E-state index in [1.165, 1.54) is 64.2 Å². The van der Waals surface area contributed by atoms with Gasteiger partial charge in [0.2, 0.25) is 0 Å². The van der Waals surface area contributed by atoms with Gasteiger partial charge in [0, 0.05) is 5.56 Å². The Kier molecular flexibility index (Phi) is 11.8. The van der Waals surface area contributed by atoms with E-state index in [0.717, 1.165) is 12.8 Å². The van der Waals surface area contributed by atoms with Crippen LogP contribution in [0.4, 0.5) is 0 Å². The molecule has 1 unspecified atom stereocenters. The molecule has 2 aromatic carbocycles. The van der Waals surface area contributed by atoms with Crippen LogP contribution in [-0.2, 0) is 0 Å². The van der Waals surface area contributed by atoms with Crippen molar-refractivity contribution in [3.63, 3.8) is 0 Å². The Morgan fingerprint density at radius 2 is 1.16 bits per heavy atom. The lowest BCUT2D eigenvalue weighted by Crippen LogP contribution is -2.13. The molecule has 0 saturated heterocycles. The Morgan fingerprint density at radius 1 is 0.677 bits per heavy atom. The summed E-state index contributed by atoms with van der Waals surface area (Å²) in [4.78, 5) is 13.2. The second kappa shape index (κ2) is 14.7. The summed E-state index contributed by atoms with van der Waals surface area (Å²) >= 11 is 0. The van der Waals surface area contributed by atoms with Gasteiger partial charge in [0.1, 0.15) is 11.5 Å². The topological polar surface area (TPSA) is 57.5 Å². The number of rotatable bonds is 16. The highest BCUT2D eigenvalue weighted by atomic mass is 16.3. The fourth-order valence-electron chi connectivity index (χ4n) is 4.27. The van der Waals surface area contributed by atoms with Gasteiger partial charge in [0.15, 0.2) is 5.78 Å². The summed E-state index contributed by atoms with van der Waals surface area (Å²) in [6.07, 6.45) is 16.0. The predicted octanol–water partition coefficient (Wildman–Crippen LogP) is 8.16. The average molecular weight is 425 g/mol. The summed E-state index contributed by atoms with van der Waals surface area (Å²) < 4.78 is 0. The van der Waals surface area contributed by atoms with E-state index in [1.54, 1.807) is 36.4 Å². The van der Waals surface area contributed by atoms with E-state index in [0.29, 0.717) is 17.5 Å². The van der Waals surface area contributed by atoms with E-state index in [1.807, 2.05) is 12.1 Å². The number of unbranched alkanes of at least 4 members (excludes halogenated alkanes) is 11. The Labute approximate surface area is 188 Å². The van der Waals surface area contributed by atoms with Crippen molar-refractivity contribution < 1.29 is 15.0 Å². The molecule has 0 aromatic heterocycles. The van der Waals surface area contributed by atoms with Crippen LogP contribution in [0.25, 0.3) is 0 Å². The zero-order valence-electron chi connectivity index (χ0n) is 19.2. The number of para-hydroxylation sites is 2. The van der Waals surface area contributed by atoms with Crippen molar-refractivity contribution in [2.24, 2.45) is 0 Å². The molecule has 2 aromatic rings. The molecule has 1 atom stereocenters. The second-order valence-electron chi connectivity index (χ2n) is 8.67. The van der Waals surface area contributed by atoms with Crippen LogP contribution < -0.4 is 0 Å². The van der Waals surface area contributed by atoms with Crippen LogP contribution in [-0.4, -0.2) is 16.0 Å². The number of ketones is 1. The van der Waals surface area contributed by atoms with Gasteiger partial charge in [-0.3, -0.25) is 4.79 Å². The van der Waals surface area contributed by atoms with Gasteiger partial charge in [-0.15, -0.1) is 0 Å². The maximum Gasteiger partial charge on any atom is 0.174 e. The molecule has 0 bridgehead atoms. The Bertz CT molecular complexity index is 768. The normalized spacial score (nSPS) is 12.0. The van der Waals surface area contributed by atoms with Gasteiger partial charge >= 0.3 is 0 Å². The SMILES string of the molecule is CCCCCCCCCCCCCCC(C(=O)c1ccccc1O)c1ccccc1O. The summed E-state index contributed by atoms with van der Waals surface area (Å²) in [6.45, 7) is 2.26. The molecule has 0 saturated carbocycles. The zero-order valence-corrected chi connectivity index (χ0v) is 19.2. The standard InChI is InChI=1S/C28H40O3/c1-2-3-4-5-6-7-8-9-10-11-12-13-19-24(23-18-14-16-21-26(23)29)28(31)25-20-15-17-22-27(25)30/h14-18,20-22,24,29-30H,2-13,19H2,1H3. The fraction of sp³-hybridized carbons (Fsp3) is 0.536. The van der Waals surface area contributed by atoms with Crippen molar-refractivity contribution in [3.05, 3.63) is 59.7 Å². The number of benzene rings is 2. The number of aromatic hydroxyl groups is 2. The maximum absolute atomic E-state index is 13.2.